The van der Waals surface area contributed by atoms with Gasteiger partial charge in [0.1, 0.15) is 0 Å². The van der Waals surface area contributed by atoms with E-state index in [0.717, 1.165) is 13.1 Å². The zero-order valence-corrected chi connectivity index (χ0v) is 14.0. The van der Waals surface area contributed by atoms with Crippen molar-refractivity contribution < 1.29 is 8.42 Å². The highest BCUT2D eigenvalue weighted by Crippen LogP contribution is 2.21. The zero-order valence-electron chi connectivity index (χ0n) is 11.6. The van der Waals surface area contributed by atoms with Crippen LogP contribution in [0.2, 0.25) is 5.02 Å². The van der Waals surface area contributed by atoms with Crippen molar-refractivity contribution in [3.63, 3.8) is 0 Å². The van der Waals surface area contributed by atoms with Crippen LogP contribution in [-0.2, 0) is 10.0 Å². The second-order valence-electron chi connectivity index (χ2n) is 4.99. The average molecular weight is 339 g/mol. The van der Waals surface area contributed by atoms with Crippen molar-refractivity contribution in [2.75, 3.05) is 26.2 Å². The van der Waals surface area contributed by atoms with Gasteiger partial charge in [-0.15, -0.1) is 12.4 Å². The Balaban J connectivity index is 0.00000200. The molecule has 1 aromatic carbocycles. The molecule has 2 rings (SSSR count). The molecule has 0 saturated carbocycles. The standard InChI is InChI=1S/C13H19ClN2O2S.ClH/c1-11(2)15-6-8-16(9-7-15)19(17,18)13-5-3-4-12(14)10-13;/h3-5,10-11H,6-9H2,1-2H3;1H. The van der Waals surface area contributed by atoms with Gasteiger partial charge in [-0.05, 0) is 32.0 Å². The predicted molar refractivity (Wildman–Crippen MR) is 84.2 cm³/mol. The number of hydrogen-bond donors (Lipinski definition) is 0. The van der Waals surface area contributed by atoms with Gasteiger partial charge in [-0.25, -0.2) is 8.42 Å². The molecule has 1 fully saturated rings. The molecule has 1 saturated heterocycles. The van der Waals surface area contributed by atoms with Gasteiger partial charge in [0.25, 0.3) is 0 Å². The molecule has 1 aliphatic heterocycles. The van der Waals surface area contributed by atoms with Crippen LogP contribution < -0.4 is 0 Å². The first-order valence-electron chi connectivity index (χ1n) is 6.41. The normalized spacial score (nSPS) is 18.0. The van der Waals surface area contributed by atoms with Gasteiger partial charge in [0.05, 0.1) is 4.90 Å². The Bertz CT molecular complexity index is 541. The van der Waals surface area contributed by atoms with E-state index in [-0.39, 0.29) is 17.3 Å². The molecule has 0 bridgehead atoms. The Morgan fingerprint density at radius 3 is 2.25 bits per heavy atom. The lowest BCUT2D eigenvalue weighted by atomic mass is 10.3. The maximum Gasteiger partial charge on any atom is 0.243 e. The van der Waals surface area contributed by atoms with Crippen LogP contribution in [0.25, 0.3) is 0 Å². The zero-order chi connectivity index (χ0) is 14.0. The summed E-state index contributed by atoms with van der Waals surface area (Å²) in [6.07, 6.45) is 0. The van der Waals surface area contributed by atoms with Crippen LogP contribution in [0.15, 0.2) is 29.2 Å². The largest absolute Gasteiger partial charge is 0.298 e. The van der Waals surface area contributed by atoms with E-state index < -0.39 is 10.0 Å². The summed E-state index contributed by atoms with van der Waals surface area (Å²) in [5.41, 5.74) is 0. The third kappa shape index (κ3) is 3.86. The summed E-state index contributed by atoms with van der Waals surface area (Å²) in [5, 5.41) is 0.446. The molecule has 0 aromatic heterocycles. The highest BCUT2D eigenvalue weighted by Gasteiger charge is 2.29. The number of benzene rings is 1. The van der Waals surface area contributed by atoms with Crippen molar-refractivity contribution in [3.8, 4) is 0 Å². The van der Waals surface area contributed by atoms with Gasteiger partial charge in [0, 0.05) is 37.2 Å². The Kier molecular flexibility index (Phi) is 6.28. The van der Waals surface area contributed by atoms with Crippen molar-refractivity contribution in [3.05, 3.63) is 29.3 Å². The fourth-order valence-electron chi connectivity index (χ4n) is 2.24. The minimum absolute atomic E-state index is 0. The molecule has 0 atom stereocenters. The fourth-order valence-corrected chi connectivity index (χ4v) is 3.96. The topological polar surface area (TPSA) is 40.6 Å². The molecule has 0 radical (unpaired) electrons. The molecule has 1 aliphatic rings. The summed E-state index contributed by atoms with van der Waals surface area (Å²) in [4.78, 5) is 2.56. The fraction of sp³-hybridized carbons (Fsp3) is 0.538. The summed E-state index contributed by atoms with van der Waals surface area (Å²) >= 11 is 5.86. The monoisotopic (exact) mass is 338 g/mol. The summed E-state index contributed by atoms with van der Waals surface area (Å²) in [6, 6.07) is 6.90. The minimum Gasteiger partial charge on any atom is -0.298 e. The van der Waals surface area contributed by atoms with E-state index in [1.807, 2.05) is 0 Å². The van der Waals surface area contributed by atoms with Crippen molar-refractivity contribution in [2.45, 2.75) is 24.8 Å². The third-order valence-corrected chi connectivity index (χ3v) is 5.57. The third-order valence-electron chi connectivity index (χ3n) is 3.44. The lowest BCUT2D eigenvalue weighted by Crippen LogP contribution is -2.50. The molecule has 4 nitrogen and oxygen atoms in total. The molecule has 0 N–H and O–H groups in total. The van der Waals surface area contributed by atoms with Crippen LogP contribution in [0, 0.1) is 0 Å². The Morgan fingerprint density at radius 2 is 1.75 bits per heavy atom. The summed E-state index contributed by atoms with van der Waals surface area (Å²) in [5.74, 6) is 0. The highest BCUT2D eigenvalue weighted by atomic mass is 35.5. The van der Waals surface area contributed by atoms with Gasteiger partial charge in [-0.1, -0.05) is 17.7 Å². The molecular weight excluding hydrogens is 319 g/mol. The Morgan fingerprint density at radius 1 is 1.15 bits per heavy atom. The predicted octanol–water partition coefficient (Wildman–Crippen LogP) is 2.48. The van der Waals surface area contributed by atoms with Crippen LogP contribution in [0.1, 0.15) is 13.8 Å². The van der Waals surface area contributed by atoms with E-state index >= 15 is 0 Å². The molecule has 7 heteroatoms. The van der Waals surface area contributed by atoms with Gasteiger partial charge >= 0.3 is 0 Å². The van der Waals surface area contributed by atoms with Gasteiger partial charge in [-0.2, -0.15) is 4.31 Å². The first-order valence-corrected chi connectivity index (χ1v) is 8.23. The van der Waals surface area contributed by atoms with Gasteiger partial charge in [0.2, 0.25) is 10.0 Å². The molecule has 0 aliphatic carbocycles. The average Bonchev–Trinajstić information content (AvgIpc) is 2.39. The maximum absolute atomic E-state index is 12.5. The SMILES string of the molecule is CC(C)N1CCN(S(=O)(=O)c2cccc(Cl)c2)CC1.Cl. The van der Waals surface area contributed by atoms with Crippen LogP contribution >= 0.6 is 24.0 Å². The van der Waals surface area contributed by atoms with E-state index in [9.17, 15) is 8.42 Å². The lowest BCUT2D eigenvalue weighted by molar-refractivity contribution is 0.154. The van der Waals surface area contributed by atoms with Gasteiger partial charge in [-0.3, -0.25) is 4.90 Å². The second-order valence-corrected chi connectivity index (χ2v) is 7.37. The summed E-state index contributed by atoms with van der Waals surface area (Å²) in [7, 11) is -3.41. The first kappa shape index (κ1) is 17.7. The van der Waals surface area contributed by atoms with Crippen molar-refractivity contribution >= 4 is 34.0 Å². The quantitative estimate of drug-likeness (QED) is 0.849. The van der Waals surface area contributed by atoms with Gasteiger partial charge < -0.3 is 0 Å². The number of piperazine rings is 1. The number of sulfonamides is 1. The van der Waals surface area contributed by atoms with Crippen LogP contribution in [0.4, 0.5) is 0 Å². The van der Waals surface area contributed by atoms with Gasteiger partial charge in [0.15, 0.2) is 0 Å². The summed E-state index contributed by atoms with van der Waals surface area (Å²) in [6.45, 7) is 6.87. The number of halogens is 2. The number of hydrogen-bond acceptors (Lipinski definition) is 3. The Hall–Kier alpha value is -0.330. The molecule has 114 valence electrons. The number of nitrogens with zero attached hydrogens (tertiary/aromatic N) is 2. The van der Waals surface area contributed by atoms with E-state index in [1.165, 1.54) is 10.4 Å². The smallest absolute Gasteiger partial charge is 0.243 e. The summed E-state index contributed by atoms with van der Waals surface area (Å²) < 4.78 is 26.5. The van der Waals surface area contributed by atoms with E-state index in [0.29, 0.717) is 24.2 Å². The van der Waals surface area contributed by atoms with E-state index in [4.69, 9.17) is 11.6 Å². The van der Waals surface area contributed by atoms with E-state index in [1.54, 1.807) is 18.2 Å². The van der Waals surface area contributed by atoms with Crippen LogP contribution in [0.3, 0.4) is 0 Å². The molecule has 1 aromatic rings. The first-order chi connectivity index (χ1) is 8.91. The lowest BCUT2D eigenvalue weighted by Gasteiger charge is -2.36. The molecule has 1 heterocycles. The molecule has 20 heavy (non-hydrogen) atoms. The molecule has 0 unspecified atom stereocenters. The van der Waals surface area contributed by atoms with Crippen LogP contribution in [-0.4, -0.2) is 49.8 Å². The Labute approximate surface area is 132 Å². The van der Waals surface area contributed by atoms with E-state index in [2.05, 4.69) is 18.7 Å². The molecular formula is C13H20Cl2N2O2S. The maximum atomic E-state index is 12.5. The highest BCUT2D eigenvalue weighted by molar-refractivity contribution is 7.89. The minimum atomic E-state index is -3.41. The molecule has 0 spiro atoms. The molecule has 0 amide bonds. The van der Waals surface area contributed by atoms with Crippen molar-refractivity contribution in [1.82, 2.24) is 9.21 Å². The van der Waals surface area contributed by atoms with Crippen LogP contribution in [0.5, 0.6) is 0 Å². The van der Waals surface area contributed by atoms with Crippen molar-refractivity contribution in [1.29, 1.82) is 0 Å². The second kappa shape index (κ2) is 7.09. The number of rotatable bonds is 3. The van der Waals surface area contributed by atoms with Crippen molar-refractivity contribution in [2.24, 2.45) is 0 Å².